The highest BCUT2D eigenvalue weighted by atomic mass is 15.1. The highest BCUT2D eigenvalue weighted by Gasteiger charge is 2.22. The minimum atomic E-state index is 0.818. The second-order valence-electron chi connectivity index (χ2n) is 5.68. The van der Waals surface area contributed by atoms with Crippen LogP contribution in [0.25, 0.3) is 0 Å². The van der Waals surface area contributed by atoms with Crippen LogP contribution in [0.1, 0.15) is 51.9 Å². The molecule has 2 nitrogen and oxygen atoms in total. The monoisotopic (exact) mass is 224 g/mol. The van der Waals surface area contributed by atoms with Crippen molar-refractivity contribution in [3.63, 3.8) is 0 Å². The second kappa shape index (κ2) is 6.61. The van der Waals surface area contributed by atoms with E-state index in [2.05, 4.69) is 17.1 Å². The molecule has 2 atom stereocenters. The zero-order valence-corrected chi connectivity index (χ0v) is 10.9. The van der Waals surface area contributed by atoms with Crippen LogP contribution >= 0.6 is 0 Å². The number of likely N-dealkylation sites (tertiary alicyclic amines) is 1. The predicted octanol–water partition coefficient (Wildman–Crippen LogP) is 2.64. The van der Waals surface area contributed by atoms with Gasteiger partial charge < -0.3 is 10.2 Å². The summed E-state index contributed by atoms with van der Waals surface area (Å²) in [6.45, 7) is 7.63. The zero-order chi connectivity index (χ0) is 11.2. The quantitative estimate of drug-likeness (QED) is 0.772. The molecule has 2 aliphatic rings. The Kier molecular flexibility index (Phi) is 5.11. The minimum Gasteiger partial charge on any atom is -0.314 e. The fourth-order valence-corrected chi connectivity index (χ4v) is 3.27. The van der Waals surface area contributed by atoms with Crippen molar-refractivity contribution in [3.05, 3.63) is 0 Å². The number of hydrogen-bond donors (Lipinski definition) is 1. The highest BCUT2D eigenvalue weighted by molar-refractivity contribution is 4.78. The van der Waals surface area contributed by atoms with Crippen LogP contribution in [0, 0.1) is 5.92 Å². The van der Waals surface area contributed by atoms with E-state index in [0.717, 1.165) is 12.0 Å². The first-order valence-electron chi connectivity index (χ1n) is 7.34. The molecule has 0 radical (unpaired) electrons. The standard InChI is InChI=1S/C14H28N2/c1-2-5-13-7-10-16(12-13)11-8-14-6-3-4-9-15-14/h13-15H,2-12H2,1H3. The molecular formula is C14H28N2. The first-order chi connectivity index (χ1) is 7.88. The minimum absolute atomic E-state index is 0.818. The Bertz CT molecular complexity index is 187. The topological polar surface area (TPSA) is 15.3 Å². The Labute approximate surface area is 101 Å². The van der Waals surface area contributed by atoms with Crippen LogP contribution in [-0.2, 0) is 0 Å². The van der Waals surface area contributed by atoms with Crippen LogP contribution in [0.15, 0.2) is 0 Å². The molecule has 0 amide bonds. The molecule has 94 valence electrons. The van der Waals surface area contributed by atoms with Gasteiger partial charge in [0, 0.05) is 12.6 Å². The average molecular weight is 224 g/mol. The Morgan fingerprint density at radius 3 is 2.88 bits per heavy atom. The molecule has 2 rings (SSSR count). The van der Waals surface area contributed by atoms with Crippen LogP contribution in [0.3, 0.4) is 0 Å². The summed E-state index contributed by atoms with van der Waals surface area (Å²) in [4.78, 5) is 2.69. The summed E-state index contributed by atoms with van der Waals surface area (Å²) in [5, 5.41) is 3.65. The molecule has 1 N–H and O–H groups in total. The zero-order valence-electron chi connectivity index (χ0n) is 10.9. The molecule has 0 spiro atoms. The number of rotatable bonds is 5. The van der Waals surface area contributed by atoms with E-state index in [1.54, 1.807) is 0 Å². The van der Waals surface area contributed by atoms with Gasteiger partial charge in [-0.25, -0.2) is 0 Å². The van der Waals surface area contributed by atoms with E-state index < -0.39 is 0 Å². The van der Waals surface area contributed by atoms with Crippen molar-refractivity contribution >= 4 is 0 Å². The Balaban J connectivity index is 1.59. The molecule has 0 aromatic carbocycles. The van der Waals surface area contributed by atoms with Gasteiger partial charge in [0.1, 0.15) is 0 Å². The predicted molar refractivity (Wildman–Crippen MR) is 69.7 cm³/mol. The lowest BCUT2D eigenvalue weighted by Gasteiger charge is -2.25. The van der Waals surface area contributed by atoms with Crippen LogP contribution in [0.5, 0.6) is 0 Å². The maximum atomic E-state index is 3.65. The van der Waals surface area contributed by atoms with Gasteiger partial charge in [0.2, 0.25) is 0 Å². The van der Waals surface area contributed by atoms with E-state index in [0.29, 0.717) is 0 Å². The second-order valence-corrected chi connectivity index (χ2v) is 5.68. The van der Waals surface area contributed by atoms with Crippen LogP contribution in [-0.4, -0.2) is 37.1 Å². The number of nitrogens with one attached hydrogen (secondary N) is 1. The molecule has 2 fully saturated rings. The summed E-state index contributed by atoms with van der Waals surface area (Å²) in [5.41, 5.74) is 0. The molecule has 2 heterocycles. The molecule has 0 aliphatic carbocycles. The van der Waals surface area contributed by atoms with E-state index in [1.807, 2.05) is 0 Å². The van der Waals surface area contributed by atoms with E-state index in [9.17, 15) is 0 Å². The van der Waals surface area contributed by atoms with Crippen molar-refractivity contribution < 1.29 is 0 Å². The number of hydrogen-bond acceptors (Lipinski definition) is 2. The Morgan fingerprint density at radius 2 is 2.12 bits per heavy atom. The third-order valence-electron chi connectivity index (χ3n) is 4.27. The molecule has 2 heteroatoms. The van der Waals surface area contributed by atoms with Gasteiger partial charge in [-0.1, -0.05) is 19.8 Å². The Hall–Kier alpha value is -0.0800. The van der Waals surface area contributed by atoms with E-state index in [-0.39, 0.29) is 0 Å². The lowest BCUT2D eigenvalue weighted by atomic mass is 10.0. The summed E-state index contributed by atoms with van der Waals surface area (Å²) in [6, 6.07) is 0.818. The molecule has 16 heavy (non-hydrogen) atoms. The van der Waals surface area contributed by atoms with Gasteiger partial charge in [-0.3, -0.25) is 0 Å². The smallest absolute Gasteiger partial charge is 0.00792 e. The SMILES string of the molecule is CCCC1CCN(CCC2CCCCN2)C1. The highest BCUT2D eigenvalue weighted by Crippen LogP contribution is 2.21. The molecule has 0 aromatic rings. The van der Waals surface area contributed by atoms with Gasteiger partial charge in [-0.15, -0.1) is 0 Å². The van der Waals surface area contributed by atoms with Gasteiger partial charge in [0.15, 0.2) is 0 Å². The number of nitrogens with zero attached hydrogens (tertiary/aromatic N) is 1. The first kappa shape index (κ1) is 12.4. The van der Waals surface area contributed by atoms with Crippen LogP contribution in [0.4, 0.5) is 0 Å². The average Bonchev–Trinajstić information content (AvgIpc) is 2.76. The molecule has 2 unspecified atom stereocenters. The van der Waals surface area contributed by atoms with E-state index >= 15 is 0 Å². The summed E-state index contributed by atoms with van der Waals surface area (Å²) in [5.74, 6) is 1.00. The van der Waals surface area contributed by atoms with Gasteiger partial charge >= 0.3 is 0 Å². The third kappa shape index (κ3) is 3.74. The van der Waals surface area contributed by atoms with Crippen molar-refractivity contribution in [2.75, 3.05) is 26.2 Å². The van der Waals surface area contributed by atoms with E-state index in [1.165, 1.54) is 71.1 Å². The van der Waals surface area contributed by atoms with Crippen molar-refractivity contribution in [1.82, 2.24) is 10.2 Å². The maximum absolute atomic E-state index is 3.65. The molecular weight excluding hydrogens is 196 g/mol. The van der Waals surface area contributed by atoms with Gasteiger partial charge in [0.25, 0.3) is 0 Å². The molecule has 2 aliphatic heterocycles. The van der Waals surface area contributed by atoms with Crippen molar-refractivity contribution in [1.29, 1.82) is 0 Å². The molecule has 0 bridgehead atoms. The van der Waals surface area contributed by atoms with Crippen molar-refractivity contribution in [2.45, 2.75) is 57.9 Å². The van der Waals surface area contributed by atoms with E-state index in [4.69, 9.17) is 0 Å². The fraction of sp³-hybridized carbons (Fsp3) is 1.00. The van der Waals surface area contributed by atoms with Gasteiger partial charge in [-0.05, 0) is 57.7 Å². The molecule has 0 saturated carbocycles. The lowest BCUT2D eigenvalue weighted by molar-refractivity contribution is 0.279. The normalized spacial score (nSPS) is 32.1. The fourth-order valence-electron chi connectivity index (χ4n) is 3.27. The van der Waals surface area contributed by atoms with Crippen molar-refractivity contribution in [2.24, 2.45) is 5.92 Å². The van der Waals surface area contributed by atoms with Crippen LogP contribution < -0.4 is 5.32 Å². The lowest BCUT2D eigenvalue weighted by Crippen LogP contribution is -2.37. The third-order valence-corrected chi connectivity index (χ3v) is 4.27. The molecule has 0 aromatic heterocycles. The summed E-state index contributed by atoms with van der Waals surface area (Å²) >= 11 is 0. The first-order valence-corrected chi connectivity index (χ1v) is 7.34. The van der Waals surface area contributed by atoms with Gasteiger partial charge in [0.05, 0.1) is 0 Å². The van der Waals surface area contributed by atoms with Gasteiger partial charge in [-0.2, -0.15) is 0 Å². The van der Waals surface area contributed by atoms with Crippen molar-refractivity contribution in [3.8, 4) is 0 Å². The number of piperidine rings is 1. The summed E-state index contributed by atoms with van der Waals surface area (Å²) in [7, 11) is 0. The largest absolute Gasteiger partial charge is 0.314 e. The maximum Gasteiger partial charge on any atom is 0.00792 e. The Morgan fingerprint density at radius 1 is 1.19 bits per heavy atom. The van der Waals surface area contributed by atoms with Crippen LogP contribution in [0.2, 0.25) is 0 Å². The summed E-state index contributed by atoms with van der Waals surface area (Å²) in [6.07, 6.45) is 9.87. The molecule has 2 saturated heterocycles. The summed E-state index contributed by atoms with van der Waals surface area (Å²) < 4.78 is 0.